The predicted molar refractivity (Wildman–Crippen MR) is 83.8 cm³/mol. The van der Waals surface area contributed by atoms with Gasteiger partial charge in [0.1, 0.15) is 0 Å². The van der Waals surface area contributed by atoms with Crippen molar-refractivity contribution in [1.29, 1.82) is 0 Å². The first kappa shape index (κ1) is 17.1. The van der Waals surface area contributed by atoms with E-state index in [0.29, 0.717) is 13.0 Å². The zero-order chi connectivity index (χ0) is 15.2. The van der Waals surface area contributed by atoms with Crippen LogP contribution in [0.25, 0.3) is 0 Å². The van der Waals surface area contributed by atoms with E-state index in [1.807, 2.05) is 18.2 Å². The summed E-state index contributed by atoms with van der Waals surface area (Å²) in [6.45, 7) is 7.25. The lowest BCUT2D eigenvalue weighted by molar-refractivity contribution is 0.311. The molecule has 0 radical (unpaired) electrons. The average Bonchev–Trinajstić information content (AvgIpc) is 2.31. The van der Waals surface area contributed by atoms with E-state index in [4.69, 9.17) is 5.14 Å². The smallest absolute Gasteiger partial charge is 0.209 e. The molecule has 1 aromatic rings. The van der Waals surface area contributed by atoms with Crippen LogP contribution in [-0.2, 0) is 10.0 Å². The van der Waals surface area contributed by atoms with Gasteiger partial charge >= 0.3 is 0 Å². The number of benzene rings is 1. The van der Waals surface area contributed by atoms with Crippen molar-refractivity contribution in [1.82, 2.24) is 5.32 Å². The van der Waals surface area contributed by atoms with Crippen molar-refractivity contribution >= 4 is 10.0 Å². The molecule has 1 aromatic carbocycles. The predicted octanol–water partition coefficient (Wildman–Crippen LogP) is 2.43. The summed E-state index contributed by atoms with van der Waals surface area (Å²) in [6.07, 6.45) is 1.53. The van der Waals surface area contributed by atoms with Gasteiger partial charge in [0.05, 0.1) is 5.75 Å². The molecule has 1 atom stereocenters. The first-order chi connectivity index (χ1) is 9.17. The highest BCUT2D eigenvalue weighted by molar-refractivity contribution is 7.89. The first-order valence-corrected chi connectivity index (χ1v) is 8.68. The molecule has 0 aromatic heterocycles. The lowest BCUT2D eigenvalue weighted by Crippen LogP contribution is -2.28. The summed E-state index contributed by atoms with van der Waals surface area (Å²) in [6, 6.07) is 10.5. The Morgan fingerprint density at radius 1 is 1.20 bits per heavy atom. The van der Waals surface area contributed by atoms with Crippen molar-refractivity contribution in [3.8, 4) is 0 Å². The Hall–Kier alpha value is -0.910. The third-order valence-electron chi connectivity index (χ3n) is 3.01. The molecule has 0 saturated heterocycles. The van der Waals surface area contributed by atoms with E-state index in [2.05, 4.69) is 38.2 Å². The summed E-state index contributed by atoms with van der Waals surface area (Å²) < 4.78 is 21.8. The number of hydrogen-bond acceptors (Lipinski definition) is 3. The van der Waals surface area contributed by atoms with E-state index in [1.165, 1.54) is 5.56 Å². The quantitative estimate of drug-likeness (QED) is 0.759. The van der Waals surface area contributed by atoms with Crippen molar-refractivity contribution in [2.24, 2.45) is 10.6 Å². The number of hydrogen-bond donors (Lipinski definition) is 2. The third-order valence-corrected chi connectivity index (χ3v) is 3.87. The molecule has 4 nitrogen and oxygen atoms in total. The van der Waals surface area contributed by atoms with Gasteiger partial charge in [0, 0.05) is 6.04 Å². The summed E-state index contributed by atoms with van der Waals surface area (Å²) in [7, 11) is -3.36. The second-order valence-electron chi connectivity index (χ2n) is 6.40. The molecule has 0 fully saturated rings. The van der Waals surface area contributed by atoms with Crippen LogP contribution in [0.1, 0.15) is 45.2 Å². The largest absolute Gasteiger partial charge is 0.310 e. The van der Waals surface area contributed by atoms with E-state index >= 15 is 0 Å². The fourth-order valence-electron chi connectivity index (χ4n) is 2.16. The monoisotopic (exact) mass is 298 g/mol. The average molecular weight is 298 g/mol. The van der Waals surface area contributed by atoms with E-state index in [1.54, 1.807) is 0 Å². The number of primary sulfonamides is 1. The van der Waals surface area contributed by atoms with Crippen LogP contribution in [0.5, 0.6) is 0 Å². The van der Waals surface area contributed by atoms with Crippen LogP contribution < -0.4 is 10.5 Å². The summed E-state index contributed by atoms with van der Waals surface area (Å²) in [5.74, 6) is 0.0248. The maximum atomic E-state index is 10.9. The van der Waals surface area contributed by atoms with Crippen molar-refractivity contribution < 1.29 is 8.42 Å². The van der Waals surface area contributed by atoms with Gasteiger partial charge in [-0.25, -0.2) is 13.6 Å². The molecule has 0 heterocycles. The highest BCUT2D eigenvalue weighted by Crippen LogP contribution is 2.29. The number of sulfonamides is 1. The molecule has 20 heavy (non-hydrogen) atoms. The minimum absolute atomic E-state index is 0.0248. The lowest BCUT2D eigenvalue weighted by Gasteiger charge is -2.27. The standard InChI is InChI=1S/C15H26N2O2S/c1-15(2,3)12-14(13-8-5-4-6-9-13)17-10-7-11-20(16,18)19/h4-6,8-9,14,17H,7,10-12H2,1-3H3,(H2,16,18,19). The fourth-order valence-corrected chi connectivity index (χ4v) is 2.70. The molecule has 3 N–H and O–H groups in total. The van der Waals surface area contributed by atoms with Crippen LogP contribution in [0.4, 0.5) is 0 Å². The van der Waals surface area contributed by atoms with Crippen molar-refractivity contribution in [3.05, 3.63) is 35.9 Å². The van der Waals surface area contributed by atoms with E-state index in [0.717, 1.165) is 6.42 Å². The second kappa shape index (κ2) is 7.20. The van der Waals surface area contributed by atoms with Crippen LogP contribution >= 0.6 is 0 Å². The van der Waals surface area contributed by atoms with Gasteiger partial charge in [-0.15, -0.1) is 0 Å². The van der Waals surface area contributed by atoms with Gasteiger partial charge in [-0.2, -0.15) is 0 Å². The molecule has 0 aliphatic rings. The molecule has 5 heteroatoms. The van der Waals surface area contributed by atoms with Gasteiger partial charge in [0.2, 0.25) is 10.0 Å². The Morgan fingerprint density at radius 3 is 2.30 bits per heavy atom. The molecule has 0 spiro atoms. The lowest BCUT2D eigenvalue weighted by atomic mass is 9.85. The number of nitrogens with two attached hydrogens (primary N) is 1. The fraction of sp³-hybridized carbons (Fsp3) is 0.600. The summed E-state index contributed by atoms with van der Waals surface area (Å²) in [4.78, 5) is 0. The maximum Gasteiger partial charge on any atom is 0.209 e. The Balaban J connectivity index is 2.60. The summed E-state index contributed by atoms with van der Waals surface area (Å²) in [5, 5.41) is 8.45. The van der Waals surface area contributed by atoms with Gasteiger partial charge in [0.25, 0.3) is 0 Å². The molecular weight excluding hydrogens is 272 g/mol. The minimum Gasteiger partial charge on any atom is -0.310 e. The second-order valence-corrected chi connectivity index (χ2v) is 8.14. The number of rotatable bonds is 7. The zero-order valence-electron chi connectivity index (χ0n) is 12.6. The van der Waals surface area contributed by atoms with Crippen LogP contribution in [0.15, 0.2) is 30.3 Å². The summed E-state index contributed by atoms with van der Waals surface area (Å²) in [5.41, 5.74) is 1.44. The van der Waals surface area contributed by atoms with Crippen LogP contribution in [0.3, 0.4) is 0 Å². The van der Waals surface area contributed by atoms with Crippen LogP contribution in [0.2, 0.25) is 0 Å². The highest BCUT2D eigenvalue weighted by Gasteiger charge is 2.19. The highest BCUT2D eigenvalue weighted by atomic mass is 32.2. The van der Waals surface area contributed by atoms with E-state index in [9.17, 15) is 8.42 Å². The Morgan fingerprint density at radius 2 is 1.80 bits per heavy atom. The van der Waals surface area contributed by atoms with Crippen molar-refractivity contribution in [3.63, 3.8) is 0 Å². The molecule has 114 valence electrons. The Labute approximate surface area is 122 Å². The zero-order valence-corrected chi connectivity index (χ0v) is 13.4. The van der Waals surface area contributed by atoms with E-state index in [-0.39, 0.29) is 17.2 Å². The SMILES string of the molecule is CC(C)(C)CC(NCCCS(N)(=O)=O)c1ccccc1. The van der Waals surface area contributed by atoms with E-state index < -0.39 is 10.0 Å². The van der Waals surface area contributed by atoms with Crippen LogP contribution in [-0.4, -0.2) is 20.7 Å². The minimum atomic E-state index is -3.36. The summed E-state index contributed by atoms with van der Waals surface area (Å²) >= 11 is 0. The third kappa shape index (κ3) is 7.62. The van der Waals surface area contributed by atoms with Crippen LogP contribution in [0, 0.1) is 5.41 Å². The molecule has 0 aliphatic carbocycles. The molecule has 0 aliphatic heterocycles. The molecule has 0 amide bonds. The number of nitrogens with one attached hydrogen (secondary N) is 1. The Bertz CT molecular complexity index is 492. The van der Waals surface area contributed by atoms with Gasteiger partial charge in [-0.1, -0.05) is 51.1 Å². The molecule has 1 unspecified atom stereocenters. The molecular formula is C15H26N2O2S. The normalized spacial score (nSPS) is 14.2. The topological polar surface area (TPSA) is 72.2 Å². The van der Waals surface area contributed by atoms with Gasteiger partial charge in [-0.3, -0.25) is 0 Å². The molecule has 0 bridgehead atoms. The van der Waals surface area contributed by atoms with Gasteiger partial charge < -0.3 is 5.32 Å². The first-order valence-electron chi connectivity index (χ1n) is 6.96. The maximum absolute atomic E-state index is 10.9. The molecule has 0 saturated carbocycles. The van der Waals surface area contributed by atoms with Gasteiger partial charge in [0.15, 0.2) is 0 Å². The van der Waals surface area contributed by atoms with Crippen molar-refractivity contribution in [2.75, 3.05) is 12.3 Å². The molecule has 1 rings (SSSR count). The van der Waals surface area contributed by atoms with Crippen molar-refractivity contribution in [2.45, 2.75) is 39.7 Å². The Kier molecular flexibility index (Phi) is 6.17. The van der Waals surface area contributed by atoms with Gasteiger partial charge in [-0.05, 0) is 30.4 Å².